The van der Waals surface area contributed by atoms with Crippen molar-refractivity contribution in [3.63, 3.8) is 0 Å². The molecule has 1 aromatic heterocycles. The number of nitrogens with one attached hydrogen (secondary N) is 2. The molecular formula is C21H24ClN3O3S. The number of amides is 2. The van der Waals surface area contributed by atoms with Crippen LogP contribution in [0.25, 0.3) is 16.5 Å². The van der Waals surface area contributed by atoms with Gasteiger partial charge in [-0.2, -0.15) is 0 Å². The number of halogens is 1. The minimum atomic E-state index is -0.297. The number of hydrogen-bond acceptors (Lipinski definition) is 5. The SMILES string of the molecule is O=C(C=Cc1ccc(-c2ccc(Cl)cc2)s1)NCC(=O)NCCN1CCOCC1. The van der Waals surface area contributed by atoms with Gasteiger partial charge in [0, 0.05) is 47.0 Å². The van der Waals surface area contributed by atoms with Crippen LogP contribution >= 0.6 is 22.9 Å². The Morgan fingerprint density at radius 1 is 1.10 bits per heavy atom. The van der Waals surface area contributed by atoms with Gasteiger partial charge in [-0.15, -0.1) is 11.3 Å². The third-order valence-corrected chi connectivity index (χ3v) is 5.78. The zero-order valence-electron chi connectivity index (χ0n) is 16.0. The van der Waals surface area contributed by atoms with Crippen molar-refractivity contribution >= 4 is 40.8 Å². The molecule has 0 saturated carbocycles. The molecule has 0 spiro atoms. The zero-order chi connectivity index (χ0) is 20.5. The van der Waals surface area contributed by atoms with E-state index >= 15 is 0 Å². The maximum absolute atomic E-state index is 11.9. The Hall–Kier alpha value is -2.19. The summed E-state index contributed by atoms with van der Waals surface area (Å²) in [5.74, 6) is -0.490. The quantitative estimate of drug-likeness (QED) is 0.628. The van der Waals surface area contributed by atoms with Crippen molar-refractivity contribution < 1.29 is 14.3 Å². The first-order valence-electron chi connectivity index (χ1n) is 9.48. The van der Waals surface area contributed by atoms with Gasteiger partial charge in [-0.3, -0.25) is 14.5 Å². The van der Waals surface area contributed by atoms with Crippen molar-refractivity contribution in [2.75, 3.05) is 45.9 Å². The van der Waals surface area contributed by atoms with Gasteiger partial charge >= 0.3 is 0 Å². The topological polar surface area (TPSA) is 70.7 Å². The minimum Gasteiger partial charge on any atom is -0.379 e. The molecule has 2 aromatic rings. The maximum atomic E-state index is 11.9. The fourth-order valence-electron chi connectivity index (χ4n) is 2.84. The fourth-order valence-corrected chi connectivity index (χ4v) is 3.88. The summed E-state index contributed by atoms with van der Waals surface area (Å²) in [6.07, 6.45) is 3.19. The highest BCUT2D eigenvalue weighted by molar-refractivity contribution is 7.16. The summed E-state index contributed by atoms with van der Waals surface area (Å²) in [5, 5.41) is 6.12. The van der Waals surface area contributed by atoms with Crippen molar-refractivity contribution in [2.45, 2.75) is 0 Å². The van der Waals surface area contributed by atoms with Crippen molar-refractivity contribution in [3.8, 4) is 10.4 Å². The lowest BCUT2D eigenvalue weighted by Crippen LogP contribution is -2.43. The number of nitrogens with zero attached hydrogens (tertiary/aromatic N) is 1. The van der Waals surface area contributed by atoms with E-state index in [0.717, 1.165) is 48.2 Å². The van der Waals surface area contributed by atoms with E-state index in [1.165, 1.54) is 6.08 Å². The molecule has 0 unspecified atom stereocenters. The molecule has 0 aliphatic carbocycles. The van der Waals surface area contributed by atoms with Crippen LogP contribution < -0.4 is 10.6 Å². The number of benzene rings is 1. The van der Waals surface area contributed by atoms with E-state index < -0.39 is 0 Å². The molecule has 2 N–H and O–H groups in total. The molecule has 0 atom stereocenters. The van der Waals surface area contributed by atoms with Crippen LogP contribution in [0.3, 0.4) is 0 Å². The smallest absolute Gasteiger partial charge is 0.244 e. The number of rotatable bonds is 8. The second kappa shape index (κ2) is 11.1. The van der Waals surface area contributed by atoms with Gasteiger partial charge in [-0.05, 0) is 35.9 Å². The fraction of sp³-hybridized carbons (Fsp3) is 0.333. The molecule has 0 bridgehead atoms. The summed E-state index contributed by atoms with van der Waals surface area (Å²) in [5.41, 5.74) is 1.08. The Bertz CT molecular complexity index is 845. The van der Waals surface area contributed by atoms with Crippen LogP contribution in [-0.2, 0) is 14.3 Å². The van der Waals surface area contributed by atoms with Gasteiger partial charge in [0.1, 0.15) is 0 Å². The van der Waals surface area contributed by atoms with E-state index in [1.807, 2.05) is 36.4 Å². The Morgan fingerprint density at radius 2 is 1.86 bits per heavy atom. The van der Waals surface area contributed by atoms with Gasteiger partial charge in [0.05, 0.1) is 19.8 Å². The maximum Gasteiger partial charge on any atom is 0.244 e. The van der Waals surface area contributed by atoms with E-state index in [1.54, 1.807) is 17.4 Å². The molecule has 2 amide bonds. The van der Waals surface area contributed by atoms with Crippen molar-refractivity contribution in [1.29, 1.82) is 0 Å². The first kappa shape index (κ1) is 21.5. The Balaban J connectivity index is 1.37. The average molecular weight is 434 g/mol. The van der Waals surface area contributed by atoms with Crippen LogP contribution in [0.5, 0.6) is 0 Å². The van der Waals surface area contributed by atoms with Gasteiger partial charge in [0.2, 0.25) is 11.8 Å². The Kier molecular flexibility index (Phi) is 8.25. The van der Waals surface area contributed by atoms with E-state index in [0.29, 0.717) is 11.6 Å². The van der Waals surface area contributed by atoms with E-state index in [9.17, 15) is 9.59 Å². The monoisotopic (exact) mass is 433 g/mol. The van der Waals surface area contributed by atoms with Gasteiger partial charge in [0.25, 0.3) is 0 Å². The predicted octanol–water partition coefficient (Wildman–Crippen LogP) is 2.65. The highest BCUT2D eigenvalue weighted by atomic mass is 35.5. The molecule has 6 nitrogen and oxygen atoms in total. The standard InChI is InChI=1S/C21H24ClN3O3S/c22-17-3-1-16(2-4-17)19-7-5-18(29-19)6-8-20(26)24-15-21(27)23-9-10-25-11-13-28-14-12-25/h1-8H,9-15H2,(H,23,27)(H,24,26). The normalized spacial score (nSPS) is 14.8. The van der Waals surface area contributed by atoms with Crippen LogP contribution in [0.1, 0.15) is 4.88 Å². The summed E-state index contributed by atoms with van der Waals surface area (Å²) in [6.45, 7) is 4.57. The first-order valence-corrected chi connectivity index (χ1v) is 10.7. The highest BCUT2D eigenvalue weighted by Gasteiger charge is 2.10. The van der Waals surface area contributed by atoms with Crippen LogP contribution in [0.4, 0.5) is 0 Å². The molecule has 1 fully saturated rings. The number of morpholine rings is 1. The Labute approximate surface area is 179 Å². The molecule has 1 aliphatic rings. The number of carbonyl (C=O) groups excluding carboxylic acids is 2. The van der Waals surface area contributed by atoms with Crippen molar-refractivity contribution in [2.24, 2.45) is 0 Å². The zero-order valence-corrected chi connectivity index (χ0v) is 17.6. The molecule has 1 saturated heterocycles. The van der Waals surface area contributed by atoms with Crippen LogP contribution in [-0.4, -0.2) is 62.7 Å². The predicted molar refractivity (Wildman–Crippen MR) is 117 cm³/mol. The van der Waals surface area contributed by atoms with E-state index in [-0.39, 0.29) is 18.4 Å². The number of thiophene rings is 1. The van der Waals surface area contributed by atoms with Crippen molar-refractivity contribution in [3.05, 3.63) is 52.4 Å². The average Bonchev–Trinajstić information content (AvgIpc) is 3.21. The first-order chi connectivity index (χ1) is 14.1. The highest BCUT2D eigenvalue weighted by Crippen LogP contribution is 2.29. The molecule has 3 rings (SSSR count). The van der Waals surface area contributed by atoms with Crippen LogP contribution in [0.2, 0.25) is 5.02 Å². The second-order valence-corrected chi connectivity index (χ2v) is 8.12. The summed E-state index contributed by atoms with van der Waals surface area (Å²) in [6, 6.07) is 11.6. The van der Waals surface area contributed by atoms with E-state index in [4.69, 9.17) is 16.3 Å². The lowest BCUT2D eigenvalue weighted by molar-refractivity contribution is -0.124. The third-order valence-electron chi connectivity index (χ3n) is 4.43. The van der Waals surface area contributed by atoms with Crippen molar-refractivity contribution in [1.82, 2.24) is 15.5 Å². The summed E-state index contributed by atoms with van der Waals surface area (Å²) in [4.78, 5) is 28.1. The van der Waals surface area contributed by atoms with Gasteiger partial charge < -0.3 is 15.4 Å². The molecule has 0 radical (unpaired) electrons. The number of ether oxygens (including phenoxy) is 1. The van der Waals surface area contributed by atoms with Gasteiger partial charge in [-0.25, -0.2) is 0 Å². The molecular weight excluding hydrogens is 410 g/mol. The molecule has 2 heterocycles. The summed E-state index contributed by atoms with van der Waals surface area (Å²) < 4.78 is 5.29. The molecule has 1 aromatic carbocycles. The van der Waals surface area contributed by atoms with Gasteiger partial charge in [0.15, 0.2) is 0 Å². The number of hydrogen-bond donors (Lipinski definition) is 2. The van der Waals surface area contributed by atoms with E-state index in [2.05, 4.69) is 15.5 Å². The lowest BCUT2D eigenvalue weighted by atomic mass is 10.2. The Morgan fingerprint density at radius 3 is 2.62 bits per heavy atom. The largest absolute Gasteiger partial charge is 0.379 e. The summed E-state index contributed by atoms with van der Waals surface area (Å²) in [7, 11) is 0. The molecule has 1 aliphatic heterocycles. The summed E-state index contributed by atoms with van der Waals surface area (Å²) >= 11 is 7.50. The number of carbonyl (C=O) groups is 2. The molecule has 154 valence electrons. The third kappa shape index (κ3) is 7.29. The lowest BCUT2D eigenvalue weighted by Gasteiger charge is -2.26. The second-order valence-electron chi connectivity index (χ2n) is 6.56. The minimum absolute atomic E-state index is 0.0350. The van der Waals surface area contributed by atoms with Crippen LogP contribution in [0.15, 0.2) is 42.5 Å². The molecule has 29 heavy (non-hydrogen) atoms. The van der Waals surface area contributed by atoms with Gasteiger partial charge in [-0.1, -0.05) is 23.7 Å². The molecule has 8 heteroatoms. The van der Waals surface area contributed by atoms with Crippen LogP contribution in [0, 0.1) is 0 Å².